The second-order valence-electron chi connectivity index (χ2n) is 4.00. The standard InChI is InChI=1S/C11H14BrN5O/c1-7-9(12)10(15-16(7)2)11(18)13-6-8-4-5-14-17(8)3/h4-5H,6H2,1-3H3,(H,13,18). The van der Waals surface area contributed by atoms with Gasteiger partial charge in [-0.3, -0.25) is 14.2 Å². The van der Waals surface area contributed by atoms with Crippen LogP contribution in [0, 0.1) is 6.92 Å². The van der Waals surface area contributed by atoms with Crippen molar-refractivity contribution in [3.63, 3.8) is 0 Å². The van der Waals surface area contributed by atoms with Crippen LogP contribution in [0.2, 0.25) is 0 Å². The molecule has 1 amide bonds. The van der Waals surface area contributed by atoms with Gasteiger partial charge in [-0.2, -0.15) is 10.2 Å². The topological polar surface area (TPSA) is 64.7 Å². The quantitative estimate of drug-likeness (QED) is 0.925. The van der Waals surface area contributed by atoms with E-state index in [0.717, 1.165) is 15.9 Å². The van der Waals surface area contributed by atoms with E-state index in [1.165, 1.54) is 0 Å². The number of halogens is 1. The van der Waals surface area contributed by atoms with Crippen LogP contribution < -0.4 is 5.32 Å². The van der Waals surface area contributed by atoms with Crippen LogP contribution in [0.5, 0.6) is 0 Å². The second-order valence-corrected chi connectivity index (χ2v) is 4.79. The molecule has 0 unspecified atom stereocenters. The van der Waals surface area contributed by atoms with Gasteiger partial charge >= 0.3 is 0 Å². The minimum atomic E-state index is -0.202. The van der Waals surface area contributed by atoms with Crippen LogP contribution in [-0.2, 0) is 20.6 Å². The summed E-state index contributed by atoms with van der Waals surface area (Å²) in [4.78, 5) is 12.0. The molecule has 0 saturated heterocycles. The van der Waals surface area contributed by atoms with Crippen molar-refractivity contribution in [2.24, 2.45) is 14.1 Å². The predicted octanol–water partition coefficient (Wildman–Crippen LogP) is 1.15. The van der Waals surface area contributed by atoms with Gasteiger partial charge in [0.05, 0.1) is 22.4 Å². The van der Waals surface area contributed by atoms with Crippen molar-refractivity contribution in [1.29, 1.82) is 0 Å². The number of hydrogen-bond donors (Lipinski definition) is 1. The zero-order valence-electron chi connectivity index (χ0n) is 10.4. The summed E-state index contributed by atoms with van der Waals surface area (Å²) >= 11 is 3.37. The van der Waals surface area contributed by atoms with Crippen molar-refractivity contribution in [1.82, 2.24) is 24.9 Å². The molecule has 18 heavy (non-hydrogen) atoms. The maximum absolute atomic E-state index is 12.0. The Labute approximate surface area is 113 Å². The van der Waals surface area contributed by atoms with E-state index >= 15 is 0 Å². The average Bonchev–Trinajstić information content (AvgIpc) is 2.86. The van der Waals surface area contributed by atoms with Gasteiger partial charge in [0, 0.05) is 20.3 Å². The normalized spacial score (nSPS) is 10.7. The summed E-state index contributed by atoms with van der Waals surface area (Å²) in [5, 5.41) is 11.0. The van der Waals surface area contributed by atoms with E-state index in [4.69, 9.17) is 0 Å². The summed E-state index contributed by atoms with van der Waals surface area (Å²) in [7, 11) is 3.64. The van der Waals surface area contributed by atoms with Crippen LogP contribution >= 0.6 is 15.9 Å². The molecule has 7 heteroatoms. The monoisotopic (exact) mass is 311 g/mol. The number of carbonyl (C=O) groups excluding carboxylic acids is 1. The van der Waals surface area contributed by atoms with E-state index < -0.39 is 0 Å². The largest absolute Gasteiger partial charge is 0.345 e. The third-order valence-corrected chi connectivity index (χ3v) is 3.78. The molecule has 2 aromatic heterocycles. The molecule has 0 aliphatic rings. The fraction of sp³-hybridized carbons (Fsp3) is 0.364. The summed E-state index contributed by atoms with van der Waals surface area (Å²) in [5.74, 6) is -0.202. The third kappa shape index (κ3) is 2.31. The Bertz CT molecular complexity index is 586. The van der Waals surface area contributed by atoms with Crippen molar-refractivity contribution in [3.05, 3.63) is 33.8 Å². The summed E-state index contributed by atoms with van der Waals surface area (Å²) in [6.07, 6.45) is 1.70. The van der Waals surface area contributed by atoms with E-state index in [1.807, 2.05) is 20.0 Å². The van der Waals surface area contributed by atoms with E-state index in [9.17, 15) is 4.79 Å². The van der Waals surface area contributed by atoms with Crippen molar-refractivity contribution in [3.8, 4) is 0 Å². The summed E-state index contributed by atoms with van der Waals surface area (Å²) in [5.41, 5.74) is 2.25. The first-order chi connectivity index (χ1) is 8.50. The number of carbonyl (C=O) groups is 1. The fourth-order valence-corrected chi connectivity index (χ4v) is 2.07. The molecule has 2 heterocycles. The van der Waals surface area contributed by atoms with Crippen molar-refractivity contribution in [2.75, 3.05) is 0 Å². The van der Waals surface area contributed by atoms with Crippen LogP contribution in [0.4, 0.5) is 0 Å². The number of nitrogens with one attached hydrogen (secondary N) is 1. The molecule has 6 nitrogen and oxygen atoms in total. The van der Waals surface area contributed by atoms with Gasteiger partial charge in [-0.1, -0.05) is 0 Å². The van der Waals surface area contributed by atoms with Gasteiger partial charge in [0.1, 0.15) is 0 Å². The zero-order chi connectivity index (χ0) is 13.3. The number of hydrogen-bond acceptors (Lipinski definition) is 3. The molecular weight excluding hydrogens is 298 g/mol. The van der Waals surface area contributed by atoms with Gasteiger partial charge in [-0.25, -0.2) is 0 Å². The molecule has 0 bridgehead atoms. The van der Waals surface area contributed by atoms with Crippen LogP contribution in [-0.4, -0.2) is 25.5 Å². The fourth-order valence-electron chi connectivity index (χ4n) is 1.56. The lowest BCUT2D eigenvalue weighted by molar-refractivity contribution is 0.0943. The predicted molar refractivity (Wildman–Crippen MR) is 70.0 cm³/mol. The Morgan fingerprint density at radius 3 is 2.67 bits per heavy atom. The summed E-state index contributed by atoms with van der Waals surface area (Å²) < 4.78 is 4.12. The van der Waals surface area contributed by atoms with Crippen LogP contribution in [0.25, 0.3) is 0 Å². The molecule has 96 valence electrons. The van der Waals surface area contributed by atoms with E-state index in [2.05, 4.69) is 31.4 Å². The molecule has 0 saturated carbocycles. The van der Waals surface area contributed by atoms with Crippen LogP contribution in [0.15, 0.2) is 16.7 Å². The minimum Gasteiger partial charge on any atom is -0.345 e. The van der Waals surface area contributed by atoms with Gasteiger partial charge in [-0.05, 0) is 28.9 Å². The lowest BCUT2D eigenvalue weighted by Crippen LogP contribution is -2.25. The highest BCUT2D eigenvalue weighted by Gasteiger charge is 2.17. The first kappa shape index (κ1) is 12.8. The molecule has 0 aromatic carbocycles. The molecule has 0 aliphatic heterocycles. The highest BCUT2D eigenvalue weighted by molar-refractivity contribution is 9.10. The molecule has 0 atom stereocenters. The van der Waals surface area contributed by atoms with Gasteiger partial charge in [0.2, 0.25) is 0 Å². The Morgan fingerprint density at radius 2 is 2.17 bits per heavy atom. The average molecular weight is 312 g/mol. The molecule has 1 N–H and O–H groups in total. The smallest absolute Gasteiger partial charge is 0.273 e. The van der Waals surface area contributed by atoms with Crippen LogP contribution in [0.1, 0.15) is 21.9 Å². The van der Waals surface area contributed by atoms with Crippen LogP contribution in [0.3, 0.4) is 0 Å². The van der Waals surface area contributed by atoms with Gasteiger partial charge in [0.25, 0.3) is 5.91 Å². The SMILES string of the molecule is Cc1c(Br)c(C(=O)NCc2ccnn2C)nn1C. The summed E-state index contributed by atoms with van der Waals surface area (Å²) in [6.45, 7) is 2.33. The van der Waals surface area contributed by atoms with Crippen molar-refractivity contribution < 1.29 is 4.79 Å². The van der Waals surface area contributed by atoms with Crippen molar-refractivity contribution in [2.45, 2.75) is 13.5 Å². The van der Waals surface area contributed by atoms with E-state index in [0.29, 0.717) is 12.2 Å². The second kappa shape index (κ2) is 4.93. The highest BCUT2D eigenvalue weighted by Crippen LogP contribution is 2.19. The van der Waals surface area contributed by atoms with Crippen molar-refractivity contribution >= 4 is 21.8 Å². The molecule has 2 rings (SSSR count). The first-order valence-corrected chi connectivity index (χ1v) is 6.24. The number of amides is 1. The highest BCUT2D eigenvalue weighted by atomic mass is 79.9. The Balaban J connectivity index is 2.09. The molecule has 0 aliphatic carbocycles. The number of rotatable bonds is 3. The Hall–Kier alpha value is -1.63. The van der Waals surface area contributed by atoms with E-state index in [1.54, 1.807) is 22.6 Å². The van der Waals surface area contributed by atoms with Gasteiger partial charge in [-0.15, -0.1) is 0 Å². The number of nitrogens with zero attached hydrogens (tertiary/aromatic N) is 4. The third-order valence-electron chi connectivity index (χ3n) is 2.83. The maximum atomic E-state index is 12.0. The lowest BCUT2D eigenvalue weighted by Gasteiger charge is -2.03. The molecule has 0 spiro atoms. The maximum Gasteiger partial charge on any atom is 0.273 e. The molecule has 2 aromatic rings. The first-order valence-electron chi connectivity index (χ1n) is 5.45. The zero-order valence-corrected chi connectivity index (χ0v) is 12.0. The Morgan fingerprint density at radius 1 is 1.44 bits per heavy atom. The molecule has 0 fully saturated rings. The lowest BCUT2D eigenvalue weighted by atomic mass is 10.3. The number of aromatic nitrogens is 4. The summed E-state index contributed by atoms with van der Waals surface area (Å²) in [6, 6.07) is 1.86. The minimum absolute atomic E-state index is 0.202. The van der Waals surface area contributed by atoms with E-state index in [-0.39, 0.29) is 5.91 Å². The number of aryl methyl sites for hydroxylation is 2. The van der Waals surface area contributed by atoms with Gasteiger partial charge < -0.3 is 5.32 Å². The van der Waals surface area contributed by atoms with Gasteiger partial charge in [0.15, 0.2) is 5.69 Å². The molecular formula is C11H14BrN5O. The Kier molecular flexibility index (Phi) is 3.51. The molecule has 0 radical (unpaired) electrons.